The topological polar surface area (TPSA) is 73.0 Å². The number of furan rings is 1. The molecule has 0 radical (unpaired) electrons. The molecule has 0 fully saturated rings. The van der Waals surface area contributed by atoms with Gasteiger partial charge >= 0.3 is 0 Å². The highest BCUT2D eigenvalue weighted by Crippen LogP contribution is 2.24. The van der Waals surface area contributed by atoms with Crippen molar-refractivity contribution in [1.29, 1.82) is 0 Å². The van der Waals surface area contributed by atoms with E-state index < -0.39 is 0 Å². The van der Waals surface area contributed by atoms with Crippen LogP contribution < -0.4 is 5.32 Å². The normalized spacial score (nSPS) is 13.3. The molecular formula is C20H24N4O2S. The summed E-state index contributed by atoms with van der Waals surface area (Å²) >= 11 is 1.40. The van der Waals surface area contributed by atoms with Crippen LogP contribution in [-0.2, 0) is 11.3 Å². The Morgan fingerprint density at radius 3 is 2.78 bits per heavy atom. The minimum absolute atomic E-state index is 0.00477. The molecule has 3 rings (SSSR count). The third-order valence-corrected chi connectivity index (χ3v) is 5.33. The molecule has 6 nitrogen and oxygen atoms in total. The van der Waals surface area contributed by atoms with Gasteiger partial charge in [-0.25, -0.2) is 0 Å². The van der Waals surface area contributed by atoms with Crippen molar-refractivity contribution in [1.82, 2.24) is 20.1 Å². The van der Waals surface area contributed by atoms with Crippen molar-refractivity contribution in [3.8, 4) is 0 Å². The standard InChI is InChI=1S/C20H24N4O2S/c1-3-8-18(16-9-5-4-6-10-16)22-19(25)15(2)27-20-23-21-14-24(20)13-17-11-7-12-26-17/h4-7,9-12,14-15,18H,3,8,13H2,1-2H3,(H,22,25). The summed E-state index contributed by atoms with van der Waals surface area (Å²) in [5.74, 6) is 0.815. The number of aromatic nitrogens is 3. The first kappa shape index (κ1) is 19.2. The van der Waals surface area contributed by atoms with Crippen LogP contribution in [0.3, 0.4) is 0 Å². The van der Waals surface area contributed by atoms with E-state index in [0.29, 0.717) is 11.7 Å². The number of hydrogen-bond donors (Lipinski definition) is 1. The van der Waals surface area contributed by atoms with Crippen LogP contribution in [0, 0.1) is 0 Å². The maximum atomic E-state index is 12.7. The number of carbonyl (C=O) groups excluding carboxylic acids is 1. The van der Waals surface area contributed by atoms with Crippen molar-refractivity contribution in [3.05, 3.63) is 66.4 Å². The zero-order chi connectivity index (χ0) is 19.1. The molecule has 27 heavy (non-hydrogen) atoms. The van der Waals surface area contributed by atoms with Gasteiger partial charge in [0.1, 0.15) is 12.1 Å². The number of rotatable bonds is 9. The molecule has 2 unspecified atom stereocenters. The molecular weight excluding hydrogens is 360 g/mol. The van der Waals surface area contributed by atoms with E-state index in [0.717, 1.165) is 24.2 Å². The molecule has 0 aliphatic heterocycles. The van der Waals surface area contributed by atoms with Gasteiger partial charge in [0, 0.05) is 0 Å². The lowest BCUT2D eigenvalue weighted by Crippen LogP contribution is -2.34. The number of carbonyl (C=O) groups is 1. The summed E-state index contributed by atoms with van der Waals surface area (Å²) < 4.78 is 7.26. The largest absolute Gasteiger partial charge is 0.467 e. The molecule has 2 heterocycles. The second kappa shape index (κ2) is 9.41. The van der Waals surface area contributed by atoms with E-state index in [1.807, 2.05) is 41.8 Å². The van der Waals surface area contributed by atoms with E-state index in [1.54, 1.807) is 12.6 Å². The summed E-state index contributed by atoms with van der Waals surface area (Å²) in [6, 6.07) is 13.9. The number of amides is 1. The van der Waals surface area contributed by atoms with Crippen molar-refractivity contribution in [3.63, 3.8) is 0 Å². The van der Waals surface area contributed by atoms with Crippen LogP contribution in [0.1, 0.15) is 44.1 Å². The third kappa shape index (κ3) is 5.23. The van der Waals surface area contributed by atoms with Crippen molar-refractivity contribution >= 4 is 17.7 Å². The average molecular weight is 385 g/mol. The number of nitrogens with one attached hydrogen (secondary N) is 1. The summed E-state index contributed by atoms with van der Waals surface area (Å²) in [5, 5.41) is 11.7. The number of hydrogen-bond acceptors (Lipinski definition) is 5. The van der Waals surface area contributed by atoms with Gasteiger partial charge in [0.25, 0.3) is 0 Å². The Balaban J connectivity index is 1.63. The Morgan fingerprint density at radius 1 is 1.26 bits per heavy atom. The minimum atomic E-state index is -0.285. The number of nitrogens with zero attached hydrogens (tertiary/aromatic N) is 3. The van der Waals surface area contributed by atoms with Gasteiger partial charge in [-0.3, -0.25) is 4.79 Å². The molecule has 2 aromatic heterocycles. The van der Waals surface area contributed by atoms with Gasteiger partial charge in [-0.05, 0) is 31.0 Å². The van der Waals surface area contributed by atoms with Gasteiger partial charge in [-0.2, -0.15) is 0 Å². The van der Waals surface area contributed by atoms with Crippen molar-refractivity contribution in [2.45, 2.75) is 49.7 Å². The van der Waals surface area contributed by atoms with Crippen LogP contribution in [0.2, 0.25) is 0 Å². The predicted octanol–water partition coefficient (Wildman–Crippen LogP) is 4.06. The van der Waals surface area contributed by atoms with E-state index in [1.165, 1.54) is 11.8 Å². The number of thioether (sulfide) groups is 1. The molecule has 1 amide bonds. The maximum Gasteiger partial charge on any atom is 0.233 e. The van der Waals surface area contributed by atoms with Gasteiger partial charge < -0.3 is 14.3 Å². The molecule has 7 heteroatoms. The van der Waals surface area contributed by atoms with Gasteiger partial charge in [-0.1, -0.05) is 55.4 Å². The minimum Gasteiger partial charge on any atom is -0.467 e. The Bertz CT molecular complexity index is 833. The molecule has 0 bridgehead atoms. The molecule has 0 spiro atoms. The van der Waals surface area contributed by atoms with Crippen molar-refractivity contribution in [2.75, 3.05) is 0 Å². The summed E-state index contributed by atoms with van der Waals surface area (Å²) in [7, 11) is 0. The first-order valence-corrected chi connectivity index (χ1v) is 9.97. The first-order valence-electron chi connectivity index (χ1n) is 9.09. The van der Waals surface area contributed by atoms with E-state index in [4.69, 9.17) is 4.42 Å². The quantitative estimate of drug-likeness (QED) is 0.563. The van der Waals surface area contributed by atoms with Gasteiger partial charge in [0.05, 0.1) is 24.1 Å². The van der Waals surface area contributed by atoms with Gasteiger partial charge in [0.15, 0.2) is 5.16 Å². The first-order chi connectivity index (χ1) is 13.2. The van der Waals surface area contributed by atoms with Crippen LogP contribution in [0.4, 0.5) is 0 Å². The molecule has 3 aromatic rings. The fourth-order valence-electron chi connectivity index (χ4n) is 2.81. The summed E-state index contributed by atoms with van der Waals surface area (Å²) in [6.07, 6.45) is 5.19. The lowest BCUT2D eigenvalue weighted by Gasteiger charge is -2.21. The monoisotopic (exact) mass is 384 g/mol. The summed E-state index contributed by atoms with van der Waals surface area (Å²) in [4.78, 5) is 12.7. The molecule has 1 aromatic carbocycles. The lowest BCUT2D eigenvalue weighted by atomic mass is 10.0. The lowest BCUT2D eigenvalue weighted by molar-refractivity contribution is -0.121. The second-order valence-corrected chi connectivity index (χ2v) is 7.65. The van der Waals surface area contributed by atoms with Crippen LogP contribution in [-0.4, -0.2) is 25.9 Å². The molecule has 2 atom stereocenters. The molecule has 142 valence electrons. The van der Waals surface area contributed by atoms with E-state index in [2.05, 4.69) is 34.6 Å². The zero-order valence-electron chi connectivity index (χ0n) is 15.5. The number of benzene rings is 1. The van der Waals surface area contributed by atoms with Crippen LogP contribution in [0.5, 0.6) is 0 Å². The average Bonchev–Trinajstić information content (AvgIpc) is 3.35. The molecule has 0 saturated carbocycles. The van der Waals surface area contributed by atoms with E-state index in [-0.39, 0.29) is 17.2 Å². The summed E-state index contributed by atoms with van der Waals surface area (Å²) in [6.45, 7) is 4.55. The summed E-state index contributed by atoms with van der Waals surface area (Å²) in [5.41, 5.74) is 1.13. The van der Waals surface area contributed by atoms with Gasteiger partial charge in [0.2, 0.25) is 5.91 Å². The van der Waals surface area contributed by atoms with Gasteiger partial charge in [-0.15, -0.1) is 10.2 Å². The van der Waals surface area contributed by atoms with Crippen LogP contribution >= 0.6 is 11.8 Å². The predicted molar refractivity (Wildman–Crippen MR) is 105 cm³/mol. The smallest absolute Gasteiger partial charge is 0.233 e. The fourth-order valence-corrected chi connectivity index (χ4v) is 3.64. The van der Waals surface area contributed by atoms with Crippen molar-refractivity contribution in [2.24, 2.45) is 0 Å². The molecule has 1 N–H and O–H groups in total. The maximum absolute atomic E-state index is 12.7. The van der Waals surface area contributed by atoms with E-state index in [9.17, 15) is 4.79 Å². The highest BCUT2D eigenvalue weighted by atomic mass is 32.2. The highest BCUT2D eigenvalue weighted by molar-refractivity contribution is 8.00. The highest BCUT2D eigenvalue weighted by Gasteiger charge is 2.21. The molecule has 0 aliphatic rings. The Kier molecular flexibility index (Phi) is 6.70. The SMILES string of the molecule is CCCC(NC(=O)C(C)Sc1nncn1Cc1ccco1)c1ccccc1. The fraction of sp³-hybridized carbons (Fsp3) is 0.350. The van der Waals surface area contributed by atoms with Crippen LogP contribution in [0.25, 0.3) is 0 Å². The Labute approximate surface area is 163 Å². The van der Waals surface area contributed by atoms with Crippen molar-refractivity contribution < 1.29 is 9.21 Å². The molecule has 0 aliphatic carbocycles. The Hall–Kier alpha value is -2.54. The van der Waals surface area contributed by atoms with Crippen LogP contribution in [0.15, 0.2) is 64.6 Å². The third-order valence-electron chi connectivity index (χ3n) is 4.23. The zero-order valence-corrected chi connectivity index (χ0v) is 16.4. The molecule has 0 saturated heterocycles. The second-order valence-electron chi connectivity index (χ2n) is 6.34. The Morgan fingerprint density at radius 2 is 2.07 bits per heavy atom. The van der Waals surface area contributed by atoms with E-state index >= 15 is 0 Å².